The molecule has 0 atom stereocenters. The maximum absolute atomic E-state index is 12.2. The van der Waals surface area contributed by atoms with Crippen LogP contribution in [0.25, 0.3) is 0 Å². The summed E-state index contributed by atoms with van der Waals surface area (Å²) >= 11 is 0. The van der Waals surface area contributed by atoms with E-state index in [1.807, 2.05) is 0 Å². The fourth-order valence-corrected chi connectivity index (χ4v) is 2.15. The molecule has 1 heterocycles. The third-order valence-corrected chi connectivity index (χ3v) is 3.24. The molecule has 0 spiro atoms. The Morgan fingerprint density at radius 1 is 1.00 bits per heavy atom. The van der Waals surface area contributed by atoms with Crippen molar-refractivity contribution in [3.63, 3.8) is 0 Å². The Morgan fingerprint density at radius 2 is 1.45 bits per heavy atom. The second-order valence-corrected chi connectivity index (χ2v) is 5.04. The highest BCUT2D eigenvalue weighted by molar-refractivity contribution is 5.84. The Balaban J connectivity index is 2.61. The van der Waals surface area contributed by atoms with Crippen LogP contribution in [0, 0.1) is 0 Å². The van der Waals surface area contributed by atoms with Gasteiger partial charge in [0.2, 0.25) is 0 Å². The number of piperazine rings is 1. The van der Waals surface area contributed by atoms with Crippen molar-refractivity contribution < 1.29 is 24.6 Å². The molecule has 1 aliphatic heterocycles. The van der Waals surface area contributed by atoms with Crippen molar-refractivity contribution >= 4 is 18.0 Å². The molecule has 0 aromatic carbocycles. The number of carbonyl (C=O) groups excluding carboxylic acids is 1. The summed E-state index contributed by atoms with van der Waals surface area (Å²) in [7, 11) is 0. The van der Waals surface area contributed by atoms with Gasteiger partial charge in [-0.2, -0.15) is 0 Å². The number of carboxylic acid groups (broad SMARTS) is 2. The van der Waals surface area contributed by atoms with Gasteiger partial charge in [0.25, 0.3) is 0 Å². The predicted octanol–water partition coefficient (Wildman–Crippen LogP) is -0.396. The van der Waals surface area contributed by atoms with E-state index in [2.05, 4.69) is 18.7 Å². The number of nitrogens with zero attached hydrogens (tertiary/aromatic N) is 3. The molecular formula is C12H21N3O5. The SMILES string of the molecule is CC(C)N1CCN(C(=O)N(CC(=O)O)CC(=O)O)CC1. The first-order valence-corrected chi connectivity index (χ1v) is 6.52. The summed E-state index contributed by atoms with van der Waals surface area (Å²) in [5.74, 6) is -2.44. The Hall–Kier alpha value is -1.83. The van der Waals surface area contributed by atoms with Crippen molar-refractivity contribution in [3.8, 4) is 0 Å². The summed E-state index contributed by atoms with van der Waals surface area (Å²) in [6, 6.07) is -0.139. The van der Waals surface area contributed by atoms with E-state index >= 15 is 0 Å². The topological polar surface area (TPSA) is 101 Å². The van der Waals surface area contributed by atoms with Crippen LogP contribution < -0.4 is 0 Å². The molecule has 0 saturated carbocycles. The van der Waals surface area contributed by atoms with E-state index < -0.39 is 31.1 Å². The van der Waals surface area contributed by atoms with Crippen LogP contribution in [0.3, 0.4) is 0 Å². The molecule has 0 aliphatic carbocycles. The molecule has 0 aromatic rings. The van der Waals surface area contributed by atoms with Crippen LogP contribution >= 0.6 is 0 Å². The lowest BCUT2D eigenvalue weighted by Gasteiger charge is -2.38. The number of hydrogen-bond acceptors (Lipinski definition) is 4. The van der Waals surface area contributed by atoms with E-state index in [9.17, 15) is 14.4 Å². The van der Waals surface area contributed by atoms with Crippen LogP contribution in [-0.2, 0) is 9.59 Å². The summed E-state index contributed by atoms with van der Waals surface area (Å²) in [6.45, 7) is 5.30. The zero-order valence-corrected chi connectivity index (χ0v) is 11.8. The van der Waals surface area contributed by atoms with Gasteiger partial charge in [-0.1, -0.05) is 0 Å². The van der Waals surface area contributed by atoms with Gasteiger partial charge < -0.3 is 20.0 Å². The van der Waals surface area contributed by atoms with Crippen LogP contribution in [0.1, 0.15) is 13.8 Å². The van der Waals surface area contributed by atoms with E-state index in [1.54, 1.807) is 0 Å². The van der Waals surface area contributed by atoms with Gasteiger partial charge in [-0.25, -0.2) is 4.79 Å². The summed E-state index contributed by atoms with van der Waals surface area (Å²) in [5.41, 5.74) is 0. The highest BCUT2D eigenvalue weighted by Crippen LogP contribution is 2.08. The fourth-order valence-electron chi connectivity index (χ4n) is 2.15. The summed E-state index contributed by atoms with van der Waals surface area (Å²) in [5, 5.41) is 17.5. The van der Waals surface area contributed by atoms with Crippen LogP contribution in [0.2, 0.25) is 0 Å². The van der Waals surface area contributed by atoms with Gasteiger partial charge >= 0.3 is 18.0 Å². The standard InChI is InChI=1S/C12H21N3O5/c1-9(2)13-3-5-14(6-4-13)12(20)15(7-10(16)17)8-11(18)19/h9H,3-8H2,1-2H3,(H,16,17)(H,18,19). The van der Waals surface area contributed by atoms with Gasteiger partial charge in [0.15, 0.2) is 0 Å². The number of urea groups is 1. The minimum Gasteiger partial charge on any atom is -0.480 e. The molecule has 0 unspecified atom stereocenters. The second kappa shape index (κ2) is 7.09. The van der Waals surface area contributed by atoms with Gasteiger partial charge in [0.05, 0.1) is 0 Å². The third-order valence-electron chi connectivity index (χ3n) is 3.24. The molecular weight excluding hydrogens is 266 g/mol. The van der Waals surface area contributed by atoms with Crippen molar-refractivity contribution in [2.24, 2.45) is 0 Å². The minimum absolute atomic E-state index is 0.390. The quantitative estimate of drug-likeness (QED) is 0.713. The summed E-state index contributed by atoms with van der Waals surface area (Å²) < 4.78 is 0. The number of amides is 2. The molecule has 114 valence electrons. The van der Waals surface area contributed by atoms with Crippen molar-refractivity contribution in [1.82, 2.24) is 14.7 Å². The third kappa shape index (κ3) is 4.69. The molecule has 8 heteroatoms. The van der Waals surface area contributed by atoms with Gasteiger partial charge in [-0.3, -0.25) is 14.5 Å². The largest absolute Gasteiger partial charge is 0.480 e. The van der Waals surface area contributed by atoms with Gasteiger partial charge in [-0.15, -0.1) is 0 Å². The number of aliphatic carboxylic acids is 2. The normalized spacial score (nSPS) is 16.2. The van der Waals surface area contributed by atoms with Gasteiger partial charge in [0.1, 0.15) is 13.1 Å². The molecule has 20 heavy (non-hydrogen) atoms. The Kier molecular flexibility index (Phi) is 5.75. The lowest BCUT2D eigenvalue weighted by molar-refractivity contribution is -0.140. The van der Waals surface area contributed by atoms with Crippen molar-refractivity contribution in [3.05, 3.63) is 0 Å². The lowest BCUT2D eigenvalue weighted by Crippen LogP contribution is -2.55. The van der Waals surface area contributed by atoms with E-state index in [1.165, 1.54) is 4.90 Å². The summed E-state index contributed by atoms with van der Waals surface area (Å²) in [6.07, 6.45) is 0. The number of rotatable bonds is 5. The minimum atomic E-state index is -1.22. The van der Waals surface area contributed by atoms with E-state index in [-0.39, 0.29) is 0 Å². The average Bonchev–Trinajstić information content (AvgIpc) is 2.36. The maximum Gasteiger partial charge on any atom is 0.323 e. The first-order valence-electron chi connectivity index (χ1n) is 6.52. The first kappa shape index (κ1) is 16.2. The van der Waals surface area contributed by atoms with Crippen LogP contribution in [-0.4, -0.2) is 88.2 Å². The molecule has 0 aromatic heterocycles. The molecule has 2 N–H and O–H groups in total. The van der Waals surface area contributed by atoms with Crippen LogP contribution in [0.15, 0.2) is 0 Å². The highest BCUT2D eigenvalue weighted by Gasteiger charge is 2.28. The molecule has 2 amide bonds. The zero-order valence-electron chi connectivity index (χ0n) is 11.8. The fraction of sp³-hybridized carbons (Fsp3) is 0.750. The molecule has 8 nitrogen and oxygen atoms in total. The molecule has 1 rings (SSSR count). The van der Waals surface area contributed by atoms with Crippen LogP contribution in [0.4, 0.5) is 4.79 Å². The second-order valence-electron chi connectivity index (χ2n) is 5.04. The smallest absolute Gasteiger partial charge is 0.323 e. The van der Waals surface area contributed by atoms with Crippen LogP contribution in [0.5, 0.6) is 0 Å². The lowest BCUT2D eigenvalue weighted by atomic mass is 10.2. The van der Waals surface area contributed by atoms with Gasteiger partial charge in [0, 0.05) is 32.2 Å². The predicted molar refractivity (Wildman–Crippen MR) is 70.5 cm³/mol. The zero-order chi connectivity index (χ0) is 15.3. The molecule has 1 saturated heterocycles. The number of hydrogen-bond donors (Lipinski definition) is 2. The Bertz CT molecular complexity index is 361. The number of carboxylic acids is 2. The molecule has 1 aliphatic rings. The van der Waals surface area contributed by atoms with E-state index in [0.29, 0.717) is 32.2 Å². The molecule has 0 bridgehead atoms. The van der Waals surface area contributed by atoms with Crippen molar-refractivity contribution in [1.29, 1.82) is 0 Å². The van der Waals surface area contributed by atoms with E-state index in [0.717, 1.165) is 4.90 Å². The maximum atomic E-state index is 12.2. The van der Waals surface area contributed by atoms with E-state index in [4.69, 9.17) is 10.2 Å². The Morgan fingerprint density at radius 3 is 1.80 bits per heavy atom. The summed E-state index contributed by atoms with van der Waals surface area (Å²) in [4.78, 5) is 38.1. The molecule has 1 fully saturated rings. The number of carbonyl (C=O) groups is 3. The Labute approximate surface area is 117 Å². The highest BCUT2D eigenvalue weighted by atomic mass is 16.4. The van der Waals surface area contributed by atoms with Gasteiger partial charge in [-0.05, 0) is 13.8 Å². The van der Waals surface area contributed by atoms with Crippen molar-refractivity contribution in [2.45, 2.75) is 19.9 Å². The van der Waals surface area contributed by atoms with Crippen molar-refractivity contribution in [2.75, 3.05) is 39.3 Å². The average molecular weight is 287 g/mol. The first-order chi connectivity index (χ1) is 9.31. The monoisotopic (exact) mass is 287 g/mol. The molecule has 0 radical (unpaired) electrons.